The molecule has 1 saturated heterocycles. The standard InChI is InChI=1S/C28H24BrFN4O3/c29-20-4-8-22(9-5-20)34-15-23(27(32-34)18-2-6-21(30)7-3-18)28-33(26(36)16-37-28)12-11-17-1-10-24-19(13-17)14-25(35)31-24/h1-6,8-10,13,15,21,28H,7,11-12,14,16H2,(H,31,35)/t21?,28-/m0/s1. The van der Waals surface area contributed by atoms with Crippen molar-refractivity contribution in [2.24, 2.45) is 0 Å². The lowest BCUT2D eigenvalue weighted by molar-refractivity contribution is -0.128. The summed E-state index contributed by atoms with van der Waals surface area (Å²) in [4.78, 5) is 26.3. The number of carbonyl (C=O) groups excluding carboxylic acids is 2. The number of halogens is 2. The third kappa shape index (κ3) is 4.76. The molecular formula is C28H24BrFN4O3. The number of anilines is 1. The van der Waals surface area contributed by atoms with Crippen LogP contribution in [0.4, 0.5) is 10.1 Å². The summed E-state index contributed by atoms with van der Waals surface area (Å²) in [6, 6.07) is 13.7. The molecule has 188 valence electrons. The van der Waals surface area contributed by atoms with Gasteiger partial charge < -0.3 is 15.0 Å². The fourth-order valence-corrected chi connectivity index (χ4v) is 5.19. The molecule has 1 aromatic heterocycles. The van der Waals surface area contributed by atoms with Crippen LogP contribution in [0.2, 0.25) is 0 Å². The van der Waals surface area contributed by atoms with Crippen molar-refractivity contribution < 1.29 is 18.7 Å². The Kier molecular flexibility index (Phi) is 6.26. The second kappa shape index (κ2) is 9.72. The molecule has 2 aromatic carbocycles. The summed E-state index contributed by atoms with van der Waals surface area (Å²) in [6.07, 6.45) is 6.65. The fraction of sp³-hybridized carbons (Fsp3) is 0.250. The van der Waals surface area contributed by atoms with E-state index in [4.69, 9.17) is 9.84 Å². The lowest BCUT2D eigenvalue weighted by atomic mass is 10.00. The number of carbonyl (C=O) groups is 2. The van der Waals surface area contributed by atoms with Gasteiger partial charge in [-0.1, -0.05) is 40.2 Å². The second-order valence-corrected chi connectivity index (χ2v) is 10.3. The lowest BCUT2D eigenvalue weighted by Gasteiger charge is -2.23. The molecule has 9 heteroatoms. The van der Waals surface area contributed by atoms with Crippen molar-refractivity contribution >= 4 is 39.0 Å². The number of fused-ring (bicyclic) bond motifs is 1. The van der Waals surface area contributed by atoms with Crippen molar-refractivity contribution in [1.82, 2.24) is 14.7 Å². The van der Waals surface area contributed by atoms with Gasteiger partial charge in [0.05, 0.1) is 12.1 Å². The number of aromatic nitrogens is 2. The first-order valence-electron chi connectivity index (χ1n) is 12.2. The zero-order valence-electron chi connectivity index (χ0n) is 19.9. The Morgan fingerprint density at radius 3 is 2.78 bits per heavy atom. The van der Waals surface area contributed by atoms with Crippen LogP contribution >= 0.6 is 15.9 Å². The third-order valence-electron chi connectivity index (χ3n) is 6.82. The molecule has 37 heavy (non-hydrogen) atoms. The number of rotatable bonds is 6. The number of alkyl halides is 1. The molecule has 1 unspecified atom stereocenters. The minimum atomic E-state index is -1.01. The summed E-state index contributed by atoms with van der Waals surface area (Å²) in [7, 11) is 0. The molecule has 1 aliphatic carbocycles. The molecule has 3 heterocycles. The number of hydrogen-bond donors (Lipinski definition) is 1. The summed E-state index contributed by atoms with van der Waals surface area (Å²) < 4.78 is 22.5. The smallest absolute Gasteiger partial charge is 0.250 e. The average Bonchev–Trinajstić information content (AvgIpc) is 3.59. The van der Waals surface area contributed by atoms with Crippen LogP contribution in [0.5, 0.6) is 0 Å². The number of allylic oxidation sites excluding steroid dienone is 4. The number of benzene rings is 2. The minimum Gasteiger partial charge on any atom is -0.344 e. The van der Waals surface area contributed by atoms with Crippen LogP contribution in [0.3, 0.4) is 0 Å². The predicted molar refractivity (Wildman–Crippen MR) is 141 cm³/mol. The highest BCUT2D eigenvalue weighted by atomic mass is 79.9. The number of hydrogen-bond acceptors (Lipinski definition) is 4. The van der Waals surface area contributed by atoms with E-state index in [1.54, 1.807) is 15.7 Å². The van der Waals surface area contributed by atoms with E-state index in [1.807, 2.05) is 54.7 Å². The number of nitrogens with one attached hydrogen (secondary N) is 1. The van der Waals surface area contributed by atoms with E-state index in [0.29, 0.717) is 25.1 Å². The van der Waals surface area contributed by atoms with Crippen molar-refractivity contribution in [2.45, 2.75) is 31.7 Å². The molecule has 6 rings (SSSR count). The highest BCUT2D eigenvalue weighted by Gasteiger charge is 2.36. The third-order valence-corrected chi connectivity index (χ3v) is 7.35. The average molecular weight is 563 g/mol. The SMILES string of the molecule is O=C1Cc2cc(CCN3C(=O)CO[C@H]3c3cn(-c4ccc(Br)cc4)nc3C3=CCC(F)C=C3)ccc2N1. The zero-order valence-corrected chi connectivity index (χ0v) is 21.4. The van der Waals surface area contributed by atoms with E-state index in [-0.39, 0.29) is 24.8 Å². The van der Waals surface area contributed by atoms with Crippen molar-refractivity contribution in [2.75, 3.05) is 18.5 Å². The van der Waals surface area contributed by atoms with E-state index >= 15 is 0 Å². The molecule has 2 amide bonds. The van der Waals surface area contributed by atoms with Crippen LogP contribution in [0, 0.1) is 0 Å². The highest BCUT2D eigenvalue weighted by Crippen LogP contribution is 2.35. The number of amides is 2. The molecule has 1 fully saturated rings. The largest absolute Gasteiger partial charge is 0.344 e. The van der Waals surface area contributed by atoms with Crippen LogP contribution in [0.15, 0.2) is 71.4 Å². The molecule has 7 nitrogen and oxygen atoms in total. The Hall–Kier alpha value is -3.56. The van der Waals surface area contributed by atoms with Gasteiger partial charge >= 0.3 is 0 Å². The molecule has 0 saturated carbocycles. The van der Waals surface area contributed by atoms with Gasteiger partial charge in [0.2, 0.25) is 5.91 Å². The van der Waals surface area contributed by atoms with Crippen molar-refractivity contribution in [3.05, 3.63) is 93.7 Å². The normalized spacial score (nSPS) is 20.8. The van der Waals surface area contributed by atoms with Crippen LogP contribution < -0.4 is 5.32 Å². The molecule has 2 atom stereocenters. The summed E-state index contributed by atoms with van der Waals surface area (Å²) in [5.41, 5.74) is 5.95. The summed E-state index contributed by atoms with van der Waals surface area (Å²) in [6.45, 7) is 0.436. The fourth-order valence-electron chi connectivity index (χ4n) is 4.93. The molecule has 2 aliphatic heterocycles. The van der Waals surface area contributed by atoms with E-state index in [1.165, 1.54) is 6.08 Å². The molecule has 1 N–H and O–H groups in total. The molecule has 0 radical (unpaired) electrons. The maximum atomic E-state index is 13.8. The van der Waals surface area contributed by atoms with E-state index in [2.05, 4.69) is 21.2 Å². The quantitative estimate of drug-likeness (QED) is 0.463. The number of ether oxygens (including phenoxy) is 1. The molecule has 3 aromatic rings. The first kappa shape index (κ1) is 23.8. The Balaban J connectivity index is 1.30. The maximum absolute atomic E-state index is 13.8. The first-order valence-corrected chi connectivity index (χ1v) is 12.9. The number of nitrogens with zero attached hydrogens (tertiary/aromatic N) is 3. The lowest BCUT2D eigenvalue weighted by Crippen LogP contribution is -2.31. The monoisotopic (exact) mass is 562 g/mol. The Morgan fingerprint density at radius 2 is 2.00 bits per heavy atom. The first-order chi connectivity index (χ1) is 17.9. The van der Waals surface area contributed by atoms with Gasteiger partial charge in [-0.05, 0) is 59.5 Å². The summed E-state index contributed by atoms with van der Waals surface area (Å²) in [5.74, 6) is -0.0990. The summed E-state index contributed by atoms with van der Waals surface area (Å²) in [5, 5.41) is 7.68. The van der Waals surface area contributed by atoms with Gasteiger partial charge in [-0.3, -0.25) is 9.59 Å². The second-order valence-electron chi connectivity index (χ2n) is 9.34. The maximum Gasteiger partial charge on any atom is 0.250 e. The Bertz CT molecular complexity index is 1450. The van der Waals surface area contributed by atoms with Crippen molar-refractivity contribution in [3.8, 4) is 5.69 Å². The van der Waals surface area contributed by atoms with Crippen molar-refractivity contribution in [1.29, 1.82) is 0 Å². The zero-order chi connectivity index (χ0) is 25.5. The Morgan fingerprint density at radius 1 is 1.16 bits per heavy atom. The van der Waals surface area contributed by atoms with E-state index < -0.39 is 12.4 Å². The van der Waals surface area contributed by atoms with E-state index in [9.17, 15) is 14.0 Å². The van der Waals surface area contributed by atoms with Gasteiger partial charge in [0, 0.05) is 34.9 Å². The topological polar surface area (TPSA) is 76.5 Å². The van der Waals surface area contributed by atoms with Crippen LogP contribution in [-0.4, -0.2) is 45.8 Å². The molecule has 3 aliphatic rings. The van der Waals surface area contributed by atoms with Crippen LogP contribution in [-0.2, 0) is 27.2 Å². The summed E-state index contributed by atoms with van der Waals surface area (Å²) >= 11 is 3.46. The van der Waals surface area contributed by atoms with Crippen LogP contribution in [0.25, 0.3) is 11.3 Å². The van der Waals surface area contributed by atoms with Gasteiger partial charge in [-0.2, -0.15) is 5.10 Å². The van der Waals surface area contributed by atoms with E-state index in [0.717, 1.165) is 38.1 Å². The van der Waals surface area contributed by atoms with Gasteiger partial charge in [-0.15, -0.1) is 0 Å². The molecule has 0 bridgehead atoms. The van der Waals surface area contributed by atoms with Gasteiger partial charge in [0.15, 0.2) is 6.23 Å². The molecular weight excluding hydrogens is 539 g/mol. The Labute approximate surface area is 221 Å². The van der Waals surface area contributed by atoms with Gasteiger partial charge in [0.1, 0.15) is 18.5 Å². The predicted octanol–water partition coefficient (Wildman–Crippen LogP) is 4.91. The molecule has 0 spiro atoms. The minimum absolute atomic E-state index is 0.00389. The van der Waals surface area contributed by atoms with Gasteiger partial charge in [0.25, 0.3) is 5.91 Å². The van der Waals surface area contributed by atoms with Crippen molar-refractivity contribution in [3.63, 3.8) is 0 Å². The highest BCUT2D eigenvalue weighted by molar-refractivity contribution is 9.10. The van der Waals surface area contributed by atoms with Gasteiger partial charge in [-0.25, -0.2) is 9.07 Å². The van der Waals surface area contributed by atoms with Crippen LogP contribution in [0.1, 0.15) is 35.0 Å².